The van der Waals surface area contributed by atoms with Gasteiger partial charge in [-0.3, -0.25) is 0 Å². The van der Waals surface area contributed by atoms with E-state index < -0.39 is 0 Å². The van der Waals surface area contributed by atoms with Crippen LogP contribution in [-0.2, 0) is 13.0 Å². The van der Waals surface area contributed by atoms with Gasteiger partial charge in [0.05, 0.1) is 0 Å². The van der Waals surface area contributed by atoms with Gasteiger partial charge in [-0.25, -0.2) is 0 Å². The first-order valence-electron chi connectivity index (χ1n) is 7.21. The van der Waals surface area contributed by atoms with Crippen molar-refractivity contribution in [2.75, 3.05) is 19.6 Å². The SMILES string of the molecule is CCc1ccc(CNCCCNCC(C)C)cc1. The highest BCUT2D eigenvalue weighted by molar-refractivity contribution is 5.22. The standard InChI is InChI=1S/C16H28N2/c1-4-15-6-8-16(9-7-15)13-18-11-5-10-17-12-14(2)3/h6-9,14,17-18H,4-5,10-13H2,1-3H3. The molecule has 0 radical (unpaired) electrons. The summed E-state index contributed by atoms with van der Waals surface area (Å²) in [4.78, 5) is 0. The summed E-state index contributed by atoms with van der Waals surface area (Å²) in [5.74, 6) is 0.745. The maximum Gasteiger partial charge on any atom is 0.0205 e. The third kappa shape index (κ3) is 6.77. The van der Waals surface area contributed by atoms with Crippen molar-refractivity contribution in [1.29, 1.82) is 0 Å². The Morgan fingerprint density at radius 1 is 0.944 bits per heavy atom. The molecular weight excluding hydrogens is 220 g/mol. The van der Waals surface area contributed by atoms with Gasteiger partial charge in [-0.2, -0.15) is 0 Å². The first-order chi connectivity index (χ1) is 8.72. The van der Waals surface area contributed by atoms with Crippen molar-refractivity contribution in [3.63, 3.8) is 0 Å². The summed E-state index contributed by atoms with van der Waals surface area (Å²) in [5, 5.41) is 6.95. The number of rotatable bonds is 9. The Morgan fingerprint density at radius 2 is 1.56 bits per heavy atom. The summed E-state index contributed by atoms with van der Waals surface area (Å²) in [6.45, 7) is 11.0. The Hall–Kier alpha value is -0.860. The van der Waals surface area contributed by atoms with E-state index in [0.29, 0.717) is 0 Å². The second kappa shape index (κ2) is 9.12. The molecule has 0 unspecified atom stereocenters. The molecule has 0 heterocycles. The summed E-state index contributed by atoms with van der Waals surface area (Å²) in [6.07, 6.45) is 2.31. The summed E-state index contributed by atoms with van der Waals surface area (Å²) in [5.41, 5.74) is 2.79. The van der Waals surface area contributed by atoms with Gasteiger partial charge in [0.2, 0.25) is 0 Å². The van der Waals surface area contributed by atoms with Gasteiger partial charge in [-0.15, -0.1) is 0 Å². The molecule has 0 aliphatic carbocycles. The van der Waals surface area contributed by atoms with E-state index in [1.165, 1.54) is 17.5 Å². The largest absolute Gasteiger partial charge is 0.316 e. The zero-order chi connectivity index (χ0) is 13.2. The van der Waals surface area contributed by atoms with Crippen molar-refractivity contribution in [2.45, 2.75) is 40.2 Å². The molecule has 0 fully saturated rings. The smallest absolute Gasteiger partial charge is 0.0205 e. The van der Waals surface area contributed by atoms with E-state index in [-0.39, 0.29) is 0 Å². The predicted molar refractivity (Wildman–Crippen MR) is 79.9 cm³/mol. The molecule has 0 aliphatic rings. The number of aryl methyl sites for hydroxylation is 1. The highest BCUT2D eigenvalue weighted by atomic mass is 14.9. The van der Waals surface area contributed by atoms with E-state index in [9.17, 15) is 0 Å². The lowest BCUT2D eigenvalue weighted by Crippen LogP contribution is -2.24. The van der Waals surface area contributed by atoms with Crippen LogP contribution < -0.4 is 10.6 Å². The minimum absolute atomic E-state index is 0.745. The van der Waals surface area contributed by atoms with Crippen LogP contribution in [0.15, 0.2) is 24.3 Å². The molecule has 2 nitrogen and oxygen atoms in total. The van der Waals surface area contributed by atoms with E-state index in [1.807, 2.05) is 0 Å². The minimum Gasteiger partial charge on any atom is -0.316 e. The molecule has 0 spiro atoms. The van der Waals surface area contributed by atoms with Crippen LogP contribution in [0.25, 0.3) is 0 Å². The van der Waals surface area contributed by atoms with Crippen LogP contribution in [0, 0.1) is 5.92 Å². The second-order valence-corrected chi connectivity index (χ2v) is 5.30. The molecule has 0 saturated carbocycles. The van der Waals surface area contributed by atoms with Crippen molar-refractivity contribution >= 4 is 0 Å². The summed E-state index contributed by atoms with van der Waals surface area (Å²) in [7, 11) is 0. The van der Waals surface area contributed by atoms with Gasteiger partial charge in [0, 0.05) is 6.54 Å². The topological polar surface area (TPSA) is 24.1 Å². The van der Waals surface area contributed by atoms with Crippen molar-refractivity contribution in [2.24, 2.45) is 5.92 Å². The fraction of sp³-hybridized carbons (Fsp3) is 0.625. The highest BCUT2D eigenvalue weighted by Crippen LogP contribution is 2.04. The van der Waals surface area contributed by atoms with Crippen LogP contribution in [0.4, 0.5) is 0 Å². The van der Waals surface area contributed by atoms with Gasteiger partial charge >= 0.3 is 0 Å². The van der Waals surface area contributed by atoms with Crippen molar-refractivity contribution in [3.8, 4) is 0 Å². The molecule has 102 valence electrons. The third-order valence-electron chi connectivity index (χ3n) is 3.02. The fourth-order valence-corrected chi connectivity index (χ4v) is 1.85. The molecule has 1 aromatic carbocycles. The average Bonchev–Trinajstić information content (AvgIpc) is 2.38. The Labute approximate surface area is 112 Å². The molecule has 0 amide bonds. The van der Waals surface area contributed by atoms with Gasteiger partial charge < -0.3 is 10.6 Å². The van der Waals surface area contributed by atoms with Crippen molar-refractivity contribution in [3.05, 3.63) is 35.4 Å². The Morgan fingerprint density at radius 3 is 2.17 bits per heavy atom. The molecule has 0 aromatic heterocycles. The normalized spacial score (nSPS) is 11.1. The first kappa shape index (κ1) is 15.2. The molecule has 0 bridgehead atoms. The van der Waals surface area contributed by atoms with Crippen LogP contribution >= 0.6 is 0 Å². The molecule has 0 atom stereocenters. The van der Waals surface area contributed by atoms with Crippen molar-refractivity contribution in [1.82, 2.24) is 10.6 Å². The molecular formula is C16H28N2. The van der Waals surface area contributed by atoms with E-state index in [2.05, 4.69) is 55.7 Å². The zero-order valence-corrected chi connectivity index (χ0v) is 12.1. The maximum absolute atomic E-state index is 3.49. The lowest BCUT2D eigenvalue weighted by molar-refractivity contribution is 0.530. The molecule has 2 heteroatoms. The van der Waals surface area contributed by atoms with Crippen LogP contribution in [0.3, 0.4) is 0 Å². The molecule has 0 saturated heterocycles. The number of hydrogen-bond acceptors (Lipinski definition) is 2. The number of nitrogens with one attached hydrogen (secondary N) is 2. The van der Waals surface area contributed by atoms with Crippen LogP contribution in [0.1, 0.15) is 38.3 Å². The van der Waals surface area contributed by atoms with E-state index in [0.717, 1.165) is 38.5 Å². The average molecular weight is 248 g/mol. The summed E-state index contributed by atoms with van der Waals surface area (Å²) in [6, 6.07) is 8.90. The first-order valence-corrected chi connectivity index (χ1v) is 7.21. The molecule has 1 rings (SSSR count). The third-order valence-corrected chi connectivity index (χ3v) is 3.02. The summed E-state index contributed by atoms with van der Waals surface area (Å²) >= 11 is 0. The minimum atomic E-state index is 0.745. The second-order valence-electron chi connectivity index (χ2n) is 5.30. The lowest BCUT2D eigenvalue weighted by Gasteiger charge is -2.08. The molecule has 2 N–H and O–H groups in total. The Balaban J connectivity index is 2.03. The zero-order valence-electron chi connectivity index (χ0n) is 12.1. The molecule has 1 aromatic rings. The van der Waals surface area contributed by atoms with Gasteiger partial charge in [-0.05, 0) is 49.5 Å². The summed E-state index contributed by atoms with van der Waals surface area (Å²) < 4.78 is 0. The fourth-order valence-electron chi connectivity index (χ4n) is 1.85. The number of hydrogen-bond donors (Lipinski definition) is 2. The van der Waals surface area contributed by atoms with Crippen molar-refractivity contribution < 1.29 is 0 Å². The van der Waals surface area contributed by atoms with Gasteiger partial charge in [0.15, 0.2) is 0 Å². The molecule has 18 heavy (non-hydrogen) atoms. The Bertz CT molecular complexity index is 303. The van der Waals surface area contributed by atoms with Gasteiger partial charge in [0.1, 0.15) is 0 Å². The lowest BCUT2D eigenvalue weighted by atomic mass is 10.1. The van der Waals surface area contributed by atoms with Crippen LogP contribution in [0.5, 0.6) is 0 Å². The van der Waals surface area contributed by atoms with Crippen LogP contribution in [0.2, 0.25) is 0 Å². The highest BCUT2D eigenvalue weighted by Gasteiger charge is 1.95. The predicted octanol–water partition coefficient (Wildman–Crippen LogP) is 2.97. The monoisotopic (exact) mass is 248 g/mol. The van der Waals surface area contributed by atoms with Crippen LogP contribution in [-0.4, -0.2) is 19.6 Å². The Kier molecular flexibility index (Phi) is 7.70. The van der Waals surface area contributed by atoms with E-state index >= 15 is 0 Å². The quantitative estimate of drug-likeness (QED) is 0.657. The maximum atomic E-state index is 3.49. The molecule has 0 aliphatic heterocycles. The van der Waals surface area contributed by atoms with Gasteiger partial charge in [-0.1, -0.05) is 45.0 Å². The van der Waals surface area contributed by atoms with E-state index in [1.54, 1.807) is 0 Å². The van der Waals surface area contributed by atoms with E-state index in [4.69, 9.17) is 0 Å². The number of benzene rings is 1. The van der Waals surface area contributed by atoms with Gasteiger partial charge in [0.25, 0.3) is 0 Å².